The van der Waals surface area contributed by atoms with Crippen molar-refractivity contribution in [3.8, 4) is 5.75 Å². The molecule has 0 aliphatic heterocycles. The van der Waals surface area contributed by atoms with Gasteiger partial charge < -0.3 is 15.2 Å². The number of rotatable bonds is 7. The van der Waals surface area contributed by atoms with E-state index in [1.165, 1.54) is 0 Å². The summed E-state index contributed by atoms with van der Waals surface area (Å²) >= 11 is 0. The van der Waals surface area contributed by atoms with Crippen LogP contribution in [0.3, 0.4) is 0 Å². The molecule has 0 fully saturated rings. The zero-order valence-corrected chi connectivity index (χ0v) is 12.1. The topological polar surface area (TPSA) is 75.6 Å². The molecular formula is C15H21NO4. The van der Waals surface area contributed by atoms with Crippen LogP contribution in [-0.4, -0.2) is 30.6 Å². The van der Waals surface area contributed by atoms with E-state index in [0.717, 1.165) is 5.56 Å². The second-order valence-electron chi connectivity index (χ2n) is 4.98. The summed E-state index contributed by atoms with van der Waals surface area (Å²) in [7, 11) is 1.55. The Morgan fingerprint density at radius 3 is 2.50 bits per heavy atom. The Hall–Kier alpha value is -2.04. The second kappa shape index (κ2) is 7.53. The average Bonchev–Trinajstić information content (AvgIpc) is 2.38. The van der Waals surface area contributed by atoms with Gasteiger partial charge in [-0.3, -0.25) is 9.59 Å². The number of aliphatic carboxylic acids is 1. The average molecular weight is 279 g/mol. The Morgan fingerprint density at radius 1 is 1.30 bits per heavy atom. The van der Waals surface area contributed by atoms with Gasteiger partial charge in [-0.2, -0.15) is 0 Å². The van der Waals surface area contributed by atoms with Gasteiger partial charge in [0, 0.05) is 12.1 Å². The van der Waals surface area contributed by atoms with Crippen molar-refractivity contribution < 1.29 is 19.4 Å². The van der Waals surface area contributed by atoms with Crippen molar-refractivity contribution in [2.45, 2.75) is 20.3 Å². The summed E-state index contributed by atoms with van der Waals surface area (Å²) < 4.78 is 5.17. The summed E-state index contributed by atoms with van der Waals surface area (Å²) in [6.07, 6.45) is 0.175. The number of para-hydroxylation sites is 1. The van der Waals surface area contributed by atoms with E-state index in [0.29, 0.717) is 5.75 Å². The molecule has 0 aliphatic carbocycles. The van der Waals surface area contributed by atoms with Crippen LogP contribution in [0.2, 0.25) is 0 Å². The van der Waals surface area contributed by atoms with Gasteiger partial charge in [-0.25, -0.2) is 0 Å². The van der Waals surface area contributed by atoms with Gasteiger partial charge in [0.1, 0.15) is 5.75 Å². The summed E-state index contributed by atoms with van der Waals surface area (Å²) in [5, 5.41) is 11.7. The Bertz CT molecular complexity index is 471. The van der Waals surface area contributed by atoms with Crippen LogP contribution in [0.25, 0.3) is 0 Å². The normalized spacial score (nSPS) is 12.0. The maximum Gasteiger partial charge on any atom is 0.308 e. The molecule has 20 heavy (non-hydrogen) atoms. The molecular weight excluding hydrogens is 258 g/mol. The van der Waals surface area contributed by atoms with Crippen LogP contribution in [0.5, 0.6) is 5.75 Å². The first kappa shape index (κ1) is 16.0. The maximum atomic E-state index is 11.9. The maximum absolute atomic E-state index is 11.9. The van der Waals surface area contributed by atoms with Crippen molar-refractivity contribution in [2.24, 2.45) is 11.8 Å². The zero-order valence-electron chi connectivity index (χ0n) is 12.1. The molecule has 1 atom stereocenters. The molecule has 1 unspecified atom stereocenters. The molecule has 2 N–H and O–H groups in total. The van der Waals surface area contributed by atoms with Gasteiger partial charge >= 0.3 is 5.97 Å². The Morgan fingerprint density at radius 2 is 1.95 bits per heavy atom. The Balaban J connectivity index is 2.57. The number of hydrogen-bond acceptors (Lipinski definition) is 3. The highest BCUT2D eigenvalue weighted by Crippen LogP contribution is 2.17. The van der Waals surface area contributed by atoms with Crippen LogP contribution in [0.15, 0.2) is 24.3 Å². The minimum Gasteiger partial charge on any atom is -0.496 e. The van der Waals surface area contributed by atoms with Gasteiger partial charge in [0.05, 0.1) is 19.4 Å². The largest absolute Gasteiger partial charge is 0.496 e. The van der Waals surface area contributed by atoms with Gasteiger partial charge in [0.2, 0.25) is 5.91 Å². The van der Waals surface area contributed by atoms with Gasteiger partial charge in [-0.15, -0.1) is 0 Å². The number of nitrogens with one attached hydrogen (secondary N) is 1. The van der Waals surface area contributed by atoms with Crippen molar-refractivity contribution >= 4 is 11.9 Å². The number of carboxylic acids is 1. The fourth-order valence-corrected chi connectivity index (χ4v) is 1.92. The number of hydrogen-bond donors (Lipinski definition) is 2. The summed E-state index contributed by atoms with van der Waals surface area (Å²) in [6, 6.07) is 7.27. The first-order valence-electron chi connectivity index (χ1n) is 6.57. The minimum atomic E-state index is -0.891. The highest BCUT2D eigenvalue weighted by molar-refractivity contribution is 5.80. The number of carbonyl (C=O) groups excluding carboxylic acids is 1. The summed E-state index contributed by atoms with van der Waals surface area (Å²) in [6.45, 7) is 3.79. The Labute approximate surface area is 118 Å². The van der Waals surface area contributed by atoms with E-state index in [-0.39, 0.29) is 24.8 Å². The van der Waals surface area contributed by atoms with Crippen LogP contribution >= 0.6 is 0 Å². The molecule has 0 aromatic heterocycles. The van der Waals surface area contributed by atoms with Crippen LogP contribution in [-0.2, 0) is 16.0 Å². The monoisotopic (exact) mass is 279 g/mol. The van der Waals surface area contributed by atoms with Crippen molar-refractivity contribution in [1.29, 1.82) is 0 Å². The predicted octanol–water partition coefficient (Wildman–Crippen LogP) is 1.71. The number of carboxylic acid groups (broad SMARTS) is 1. The van der Waals surface area contributed by atoms with E-state index in [2.05, 4.69) is 5.32 Å². The lowest BCUT2D eigenvalue weighted by atomic mass is 9.96. The first-order valence-corrected chi connectivity index (χ1v) is 6.57. The standard InChI is InChI=1S/C15H21NO4/c1-10(2)12(15(18)19)9-16-14(17)8-11-6-4-5-7-13(11)20-3/h4-7,10,12H,8-9H2,1-3H3,(H,16,17)(H,18,19). The van der Waals surface area contributed by atoms with Crippen LogP contribution < -0.4 is 10.1 Å². The lowest BCUT2D eigenvalue weighted by Crippen LogP contribution is -2.36. The van der Waals surface area contributed by atoms with E-state index in [1.807, 2.05) is 32.0 Å². The molecule has 5 nitrogen and oxygen atoms in total. The predicted molar refractivity (Wildman–Crippen MR) is 75.7 cm³/mol. The highest BCUT2D eigenvalue weighted by atomic mass is 16.5. The van der Waals surface area contributed by atoms with Gasteiger partial charge in [0.15, 0.2) is 0 Å². The summed E-state index contributed by atoms with van der Waals surface area (Å²) in [4.78, 5) is 22.9. The smallest absolute Gasteiger partial charge is 0.308 e. The summed E-state index contributed by atoms with van der Waals surface area (Å²) in [5.74, 6) is -1.05. The molecule has 0 aliphatic rings. The van der Waals surface area contributed by atoms with Gasteiger partial charge in [-0.05, 0) is 12.0 Å². The third kappa shape index (κ3) is 4.57. The molecule has 1 amide bonds. The highest BCUT2D eigenvalue weighted by Gasteiger charge is 2.22. The third-order valence-corrected chi connectivity index (χ3v) is 3.18. The molecule has 0 bridgehead atoms. The third-order valence-electron chi connectivity index (χ3n) is 3.18. The van der Waals surface area contributed by atoms with Crippen molar-refractivity contribution in [2.75, 3.05) is 13.7 Å². The molecule has 0 saturated carbocycles. The molecule has 0 heterocycles. The number of ether oxygens (including phenoxy) is 1. The van der Waals surface area contributed by atoms with Crippen molar-refractivity contribution in [1.82, 2.24) is 5.32 Å². The fraction of sp³-hybridized carbons (Fsp3) is 0.467. The number of methoxy groups -OCH3 is 1. The van der Waals surface area contributed by atoms with E-state index in [9.17, 15) is 9.59 Å². The number of benzene rings is 1. The number of carbonyl (C=O) groups is 2. The van der Waals surface area contributed by atoms with E-state index in [1.54, 1.807) is 13.2 Å². The molecule has 1 aromatic carbocycles. The summed E-state index contributed by atoms with van der Waals surface area (Å²) in [5.41, 5.74) is 0.781. The molecule has 5 heteroatoms. The van der Waals surface area contributed by atoms with Gasteiger partial charge in [0.25, 0.3) is 0 Å². The molecule has 1 rings (SSSR count). The molecule has 0 radical (unpaired) electrons. The van der Waals surface area contributed by atoms with Gasteiger partial charge in [-0.1, -0.05) is 32.0 Å². The lowest BCUT2D eigenvalue weighted by Gasteiger charge is -2.17. The molecule has 110 valence electrons. The SMILES string of the molecule is COc1ccccc1CC(=O)NCC(C(=O)O)C(C)C. The Kier molecular flexibility index (Phi) is 6.03. The first-order chi connectivity index (χ1) is 9.45. The zero-order chi connectivity index (χ0) is 15.1. The van der Waals surface area contributed by atoms with Crippen molar-refractivity contribution in [3.63, 3.8) is 0 Å². The fourth-order valence-electron chi connectivity index (χ4n) is 1.92. The van der Waals surface area contributed by atoms with Crippen LogP contribution in [0, 0.1) is 11.8 Å². The van der Waals surface area contributed by atoms with Crippen LogP contribution in [0.4, 0.5) is 0 Å². The minimum absolute atomic E-state index is 0.0286. The quantitative estimate of drug-likeness (QED) is 0.796. The number of amides is 1. The molecule has 0 saturated heterocycles. The van der Waals surface area contributed by atoms with Crippen LogP contribution in [0.1, 0.15) is 19.4 Å². The van der Waals surface area contributed by atoms with E-state index in [4.69, 9.17) is 9.84 Å². The van der Waals surface area contributed by atoms with E-state index >= 15 is 0 Å². The molecule has 0 spiro atoms. The lowest BCUT2D eigenvalue weighted by molar-refractivity contribution is -0.143. The van der Waals surface area contributed by atoms with E-state index < -0.39 is 11.9 Å². The van der Waals surface area contributed by atoms with Crippen molar-refractivity contribution in [3.05, 3.63) is 29.8 Å². The second-order valence-corrected chi connectivity index (χ2v) is 4.98. The molecule has 1 aromatic rings.